The summed E-state index contributed by atoms with van der Waals surface area (Å²) in [6, 6.07) is 5.35. The molecule has 1 aromatic carbocycles. The quantitative estimate of drug-likeness (QED) is 0.662. The molecule has 1 heterocycles. The Kier molecular flexibility index (Phi) is 5.26. The van der Waals surface area contributed by atoms with E-state index in [9.17, 15) is 19.2 Å². The highest BCUT2D eigenvalue weighted by molar-refractivity contribution is 6.10. The summed E-state index contributed by atoms with van der Waals surface area (Å²) in [5, 5.41) is 6.90. The summed E-state index contributed by atoms with van der Waals surface area (Å²) >= 11 is 0. The van der Waals surface area contributed by atoms with Gasteiger partial charge in [0.15, 0.2) is 0 Å². The largest absolute Gasteiger partial charge is 0.497 e. The number of imide groups is 2. The normalized spacial score (nSPS) is 19.4. The third kappa shape index (κ3) is 3.39. The van der Waals surface area contributed by atoms with E-state index in [0.717, 1.165) is 4.90 Å². The van der Waals surface area contributed by atoms with E-state index in [1.165, 1.54) is 14.2 Å². The van der Waals surface area contributed by atoms with Crippen molar-refractivity contribution in [1.82, 2.24) is 20.9 Å². The third-order valence-electron chi connectivity index (χ3n) is 4.07. The lowest BCUT2D eigenvalue weighted by molar-refractivity contribution is -0.135. The van der Waals surface area contributed by atoms with Gasteiger partial charge in [0.2, 0.25) is 5.91 Å². The number of nitrogens with one attached hydrogen (secondary N) is 3. The SMILES string of the molecule is CC[C@]1(c2ccc(OC)cc2)NC(=O)N(CC(=O)NC(=O)NC)C1=O. The Bertz CT molecular complexity index is 703. The molecule has 0 saturated carbocycles. The number of nitrogens with zero attached hydrogens (tertiary/aromatic N) is 1. The van der Waals surface area contributed by atoms with Crippen LogP contribution < -0.4 is 20.7 Å². The van der Waals surface area contributed by atoms with E-state index in [1.807, 2.05) is 5.32 Å². The summed E-state index contributed by atoms with van der Waals surface area (Å²) < 4.78 is 5.09. The molecule has 1 saturated heterocycles. The van der Waals surface area contributed by atoms with Gasteiger partial charge in [0.1, 0.15) is 17.8 Å². The van der Waals surface area contributed by atoms with Crippen molar-refractivity contribution in [1.29, 1.82) is 0 Å². The molecule has 0 spiro atoms. The maximum Gasteiger partial charge on any atom is 0.325 e. The lowest BCUT2D eigenvalue weighted by atomic mass is 9.87. The molecule has 1 aliphatic rings. The molecule has 0 radical (unpaired) electrons. The van der Waals surface area contributed by atoms with Crippen LogP contribution in [0.1, 0.15) is 18.9 Å². The second-order valence-corrected chi connectivity index (χ2v) is 5.44. The predicted octanol–water partition coefficient (Wildman–Crippen LogP) is 0.308. The van der Waals surface area contributed by atoms with Crippen LogP contribution in [0.2, 0.25) is 0 Å². The number of carbonyl (C=O) groups excluding carboxylic acids is 4. The minimum atomic E-state index is -1.25. The first-order valence-electron chi connectivity index (χ1n) is 7.68. The van der Waals surface area contributed by atoms with Gasteiger partial charge in [-0.05, 0) is 24.1 Å². The van der Waals surface area contributed by atoms with Crippen molar-refractivity contribution in [3.8, 4) is 5.75 Å². The minimum absolute atomic E-state index is 0.303. The number of benzene rings is 1. The number of hydrogen-bond donors (Lipinski definition) is 3. The Morgan fingerprint density at radius 3 is 2.40 bits per heavy atom. The van der Waals surface area contributed by atoms with E-state index in [-0.39, 0.29) is 0 Å². The second-order valence-electron chi connectivity index (χ2n) is 5.44. The average molecular weight is 348 g/mol. The maximum atomic E-state index is 12.8. The average Bonchev–Trinajstić information content (AvgIpc) is 2.86. The standard InChI is InChI=1S/C16H20N4O5/c1-4-16(10-5-7-11(25-3)8-6-10)13(22)20(15(24)19-16)9-12(21)18-14(23)17-2/h5-8H,4,9H2,1-3H3,(H,19,24)(H2,17,18,21,23)/t16-/m1/s1. The summed E-state index contributed by atoms with van der Waals surface area (Å²) in [5.74, 6) is -0.685. The monoisotopic (exact) mass is 348 g/mol. The van der Waals surface area contributed by atoms with Crippen molar-refractivity contribution in [2.75, 3.05) is 20.7 Å². The molecule has 134 valence electrons. The van der Waals surface area contributed by atoms with Gasteiger partial charge >= 0.3 is 12.1 Å². The number of hydrogen-bond acceptors (Lipinski definition) is 5. The molecule has 25 heavy (non-hydrogen) atoms. The molecule has 1 aromatic rings. The fraction of sp³-hybridized carbons (Fsp3) is 0.375. The Balaban J connectivity index is 2.24. The molecule has 0 aliphatic carbocycles. The Hall–Kier alpha value is -3.10. The van der Waals surface area contributed by atoms with Crippen molar-refractivity contribution < 1.29 is 23.9 Å². The molecule has 0 aromatic heterocycles. The van der Waals surface area contributed by atoms with Gasteiger partial charge in [0.05, 0.1) is 7.11 Å². The number of carbonyl (C=O) groups is 4. The highest BCUT2D eigenvalue weighted by Gasteiger charge is 2.51. The van der Waals surface area contributed by atoms with E-state index in [1.54, 1.807) is 31.2 Å². The van der Waals surface area contributed by atoms with Crippen molar-refractivity contribution in [3.63, 3.8) is 0 Å². The van der Waals surface area contributed by atoms with Crippen LogP contribution in [0, 0.1) is 0 Å². The van der Waals surface area contributed by atoms with Crippen LogP contribution >= 0.6 is 0 Å². The minimum Gasteiger partial charge on any atom is -0.497 e. The Morgan fingerprint density at radius 2 is 1.88 bits per heavy atom. The molecule has 3 N–H and O–H groups in total. The van der Waals surface area contributed by atoms with E-state index in [0.29, 0.717) is 17.7 Å². The molecule has 1 atom stereocenters. The molecule has 0 unspecified atom stereocenters. The molecule has 2 rings (SSSR count). The van der Waals surface area contributed by atoms with Crippen molar-refractivity contribution >= 4 is 23.9 Å². The van der Waals surface area contributed by atoms with Gasteiger partial charge in [-0.2, -0.15) is 0 Å². The van der Waals surface area contributed by atoms with Crippen molar-refractivity contribution in [2.45, 2.75) is 18.9 Å². The smallest absolute Gasteiger partial charge is 0.325 e. The zero-order chi connectivity index (χ0) is 18.6. The molecule has 1 fully saturated rings. The van der Waals surface area contributed by atoms with E-state index in [2.05, 4.69) is 10.6 Å². The third-order valence-corrected chi connectivity index (χ3v) is 4.07. The summed E-state index contributed by atoms with van der Waals surface area (Å²) in [6.45, 7) is 1.21. The van der Waals surface area contributed by atoms with Gasteiger partial charge in [-0.15, -0.1) is 0 Å². The molecule has 6 amide bonds. The van der Waals surface area contributed by atoms with Gasteiger partial charge in [0, 0.05) is 7.05 Å². The number of methoxy groups -OCH3 is 1. The summed E-state index contributed by atoms with van der Waals surface area (Å²) in [7, 11) is 2.88. The topological polar surface area (TPSA) is 117 Å². The van der Waals surface area contributed by atoms with E-state index in [4.69, 9.17) is 4.74 Å². The van der Waals surface area contributed by atoms with Crippen LogP contribution in [-0.2, 0) is 15.1 Å². The fourth-order valence-corrected chi connectivity index (χ4v) is 2.66. The zero-order valence-corrected chi connectivity index (χ0v) is 14.2. The molecular formula is C16H20N4O5. The summed E-state index contributed by atoms with van der Waals surface area (Å²) in [4.78, 5) is 48.9. The van der Waals surface area contributed by atoms with Gasteiger partial charge in [-0.3, -0.25) is 19.8 Å². The maximum absolute atomic E-state index is 12.8. The molecule has 1 aliphatic heterocycles. The van der Waals surface area contributed by atoms with Gasteiger partial charge in [-0.25, -0.2) is 9.59 Å². The molecule has 0 bridgehead atoms. The molecule has 9 heteroatoms. The van der Waals surface area contributed by atoms with Crippen LogP contribution in [0.25, 0.3) is 0 Å². The first kappa shape index (κ1) is 18.2. The Morgan fingerprint density at radius 1 is 1.24 bits per heavy atom. The summed E-state index contributed by atoms with van der Waals surface area (Å²) in [5.41, 5.74) is -0.667. The van der Waals surface area contributed by atoms with Crippen LogP contribution in [-0.4, -0.2) is 49.5 Å². The van der Waals surface area contributed by atoms with Gasteiger partial charge in [0.25, 0.3) is 5.91 Å². The van der Waals surface area contributed by atoms with E-state index >= 15 is 0 Å². The predicted molar refractivity (Wildman–Crippen MR) is 87.8 cm³/mol. The number of urea groups is 2. The molecule has 9 nitrogen and oxygen atoms in total. The van der Waals surface area contributed by atoms with Gasteiger partial charge in [-0.1, -0.05) is 19.1 Å². The fourth-order valence-electron chi connectivity index (χ4n) is 2.66. The summed E-state index contributed by atoms with van der Waals surface area (Å²) in [6.07, 6.45) is 0.303. The molecular weight excluding hydrogens is 328 g/mol. The van der Waals surface area contributed by atoms with Crippen LogP contribution in [0.3, 0.4) is 0 Å². The zero-order valence-electron chi connectivity index (χ0n) is 14.2. The first-order valence-corrected chi connectivity index (χ1v) is 7.68. The van der Waals surface area contributed by atoms with Crippen LogP contribution in [0.5, 0.6) is 5.75 Å². The van der Waals surface area contributed by atoms with E-state index < -0.39 is 36.0 Å². The highest BCUT2D eigenvalue weighted by atomic mass is 16.5. The lowest BCUT2D eigenvalue weighted by Gasteiger charge is -2.25. The van der Waals surface area contributed by atoms with Crippen LogP contribution in [0.4, 0.5) is 9.59 Å². The highest BCUT2D eigenvalue weighted by Crippen LogP contribution is 2.33. The van der Waals surface area contributed by atoms with Crippen molar-refractivity contribution in [3.05, 3.63) is 29.8 Å². The van der Waals surface area contributed by atoms with Gasteiger partial charge < -0.3 is 15.4 Å². The Labute approximate surface area is 144 Å². The van der Waals surface area contributed by atoms with Crippen molar-refractivity contribution in [2.24, 2.45) is 0 Å². The lowest BCUT2D eigenvalue weighted by Crippen LogP contribution is -2.46. The first-order chi connectivity index (χ1) is 11.9. The number of amides is 6. The number of ether oxygens (including phenoxy) is 1. The number of rotatable bonds is 5. The van der Waals surface area contributed by atoms with Crippen LogP contribution in [0.15, 0.2) is 24.3 Å². The second kappa shape index (κ2) is 7.20.